The van der Waals surface area contributed by atoms with Gasteiger partial charge in [0.2, 0.25) is 0 Å². The van der Waals surface area contributed by atoms with Gasteiger partial charge in [-0.05, 0) is 29.5 Å². The van der Waals surface area contributed by atoms with Crippen LogP contribution in [0.15, 0.2) is 53.1 Å². The smallest absolute Gasteiger partial charge is 0.307 e. The molecule has 1 N–H and O–H groups in total. The lowest BCUT2D eigenvalue weighted by molar-refractivity contribution is -0.561. The number of hydrogen-bond donors (Lipinski definition) is 1. The Labute approximate surface area is 166 Å². The highest BCUT2D eigenvalue weighted by molar-refractivity contribution is 14.1. The molecule has 1 aromatic heterocycles. The molecule has 0 aliphatic carbocycles. The predicted molar refractivity (Wildman–Crippen MR) is 96.1 cm³/mol. The predicted octanol–water partition coefficient (Wildman–Crippen LogP) is 0.492. The third-order valence-electron chi connectivity index (χ3n) is 3.36. The summed E-state index contributed by atoms with van der Waals surface area (Å²) >= 11 is 4.40. The molecule has 1 saturated heterocycles. The van der Waals surface area contributed by atoms with E-state index in [2.05, 4.69) is 62.8 Å². The van der Waals surface area contributed by atoms with E-state index >= 15 is 0 Å². The van der Waals surface area contributed by atoms with Crippen molar-refractivity contribution in [1.82, 2.24) is 5.32 Å². The fourth-order valence-electron chi connectivity index (χ4n) is 2.31. The van der Waals surface area contributed by atoms with Gasteiger partial charge in [0.25, 0.3) is 0 Å². The Bertz CT molecular complexity index is 602. The highest BCUT2D eigenvalue weighted by Gasteiger charge is 2.28. The lowest BCUT2D eigenvalue weighted by atomic mass is 10.2. The van der Waals surface area contributed by atoms with E-state index in [1.807, 2.05) is 23.9 Å². The molecule has 3 nitrogen and oxygen atoms in total. The van der Waals surface area contributed by atoms with E-state index in [1.54, 1.807) is 6.26 Å². The summed E-state index contributed by atoms with van der Waals surface area (Å²) in [6, 6.07) is 14.6. The lowest BCUT2D eigenvalue weighted by Crippen LogP contribution is -3.00. The SMILES string of the molecule is ICC1CNC(=[N+](Cc2ccccc2)Cc2ccco2)S1.[I-]. The molecule has 1 aliphatic rings. The van der Waals surface area contributed by atoms with Gasteiger partial charge >= 0.3 is 5.17 Å². The van der Waals surface area contributed by atoms with Crippen LogP contribution in [0.5, 0.6) is 0 Å². The summed E-state index contributed by atoms with van der Waals surface area (Å²) in [5, 5.41) is 5.47. The first kappa shape index (κ1) is 18.1. The Hall–Kier alpha value is -0.220. The van der Waals surface area contributed by atoms with Crippen molar-refractivity contribution in [2.75, 3.05) is 11.0 Å². The lowest BCUT2D eigenvalue weighted by Gasteiger charge is -2.08. The fourth-order valence-corrected chi connectivity index (χ4v) is 4.15. The maximum Gasteiger partial charge on any atom is 0.307 e. The Kier molecular flexibility index (Phi) is 7.55. The van der Waals surface area contributed by atoms with Gasteiger partial charge < -0.3 is 28.4 Å². The summed E-state index contributed by atoms with van der Waals surface area (Å²) in [5.41, 5.74) is 1.32. The molecule has 6 heteroatoms. The second-order valence-corrected chi connectivity index (χ2v) is 7.17. The van der Waals surface area contributed by atoms with Crippen LogP contribution in [0, 0.1) is 0 Å². The summed E-state index contributed by atoms with van der Waals surface area (Å²) < 4.78 is 9.05. The molecule has 3 rings (SSSR count). The van der Waals surface area contributed by atoms with Crippen molar-refractivity contribution in [3.05, 3.63) is 60.1 Å². The molecule has 1 aliphatic heterocycles. The van der Waals surface area contributed by atoms with Crippen LogP contribution in [-0.4, -0.2) is 26.0 Å². The molecule has 0 bridgehead atoms. The first-order valence-corrected chi connectivity index (χ1v) is 9.40. The first-order chi connectivity index (χ1) is 10.3. The average molecular weight is 540 g/mol. The second-order valence-electron chi connectivity index (χ2n) is 5.00. The molecule has 0 amide bonds. The average Bonchev–Trinajstić information content (AvgIpc) is 3.19. The van der Waals surface area contributed by atoms with Gasteiger partial charge in [-0.15, -0.1) is 0 Å². The van der Waals surface area contributed by atoms with Gasteiger partial charge in [-0.25, -0.2) is 4.58 Å². The zero-order valence-electron chi connectivity index (χ0n) is 12.0. The monoisotopic (exact) mass is 540 g/mol. The number of alkyl halides is 1. The van der Waals surface area contributed by atoms with E-state index in [9.17, 15) is 0 Å². The van der Waals surface area contributed by atoms with Gasteiger partial charge in [-0.2, -0.15) is 0 Å². The van der Waals surface area contributed by atoms with E-state index in [0.29, 0.717) is 5.25 Å². The first-order valence-electron chi connectivity index (χ1n) is 7.00. The Balaban J connectivity index is 0.00000176. The largest absolute Gasteiger partial charge is 1.00 e. The summed E-state index contributed by atoms with van der Waals surface area (Å²) in [5.74, 6) is 0.999. The molecule has 2 aromatic rings. The fraction of sp³-hybridized carbons (Fsp3) is 0.312. The molecule has 118 valence electrons. The minimum atomic E-state index is 0. The van der Waals surface area contributed by atoms with Gasteiger partial charge in [-0.1, -0.05) is 52.9 Å². The summed E-state index contributed by atoms with van der Waals surface area (Å²) in [4.78, 5) is 0. The van der Waals surface area contributed by atoms with Crippen molar-refractivity contribution in [2.24, 2.45) is 0 Å². The summed E-state index contributed by atoms with van der Waals surface area (Å²) in [6.07, 6.45) is 1.74. The highest BCUT2D eigenvalue weighted by atomic mass is 127. The molecular formula is C16H18I2N2OS. The molecule has 1 aromatic carbocycles. The van der Waals surface area contributed by atoms with Crippen LogP contribution in [0.3, 0.4) is 0 Å². The van der Waals surface area contributed by atoms with Crippen molar-refractivity contribution in [3.63, 3.8) is 0 Å². The normalized spacial score (nSPS) is 19.4. The van der Waals surface area contributed by atoms with E-state index in [4.69, 9.17) is 4.42 Å². The topological polar surface area (TPSA) is 28.2 Å². The molecule has 0 radical (unpaired) electrons. The summed E-state index contributed by atoms with van der Waals surface area (Å²) in [7, 11) is 0. The Morgan fingerprint density at radius 1 is 1.18 bits per heavy atom. The van der Waals surface area contributed by atoms with Gasteiger partial charge in [0.1, 0.15) is 18.8 Å². The number of nitrogens with one attached hydrogen (secondary N) is 1. The number of furan rings is 1. The molecule has 0 spiro atoms. The van der Waals surface area contributed by atoms with Crippen molar-refractivity contribution < 1.29 is 33.0 Å². The van der Waals surface area contributed by atoms with Gasteiger partial charge in [-0.3, -0.25) is 5.32 Å². The quantitative estimate of drug-likeness (QED) is 0.341. The standard InChI is InChI=1S/C16H17IN2OS.HI/c17-9-15-10-18-16(21-15)19(12-14-7-4-8-20-14)11-13-5-2-1-3-6-13;/h1-8,15H,9-12H2;1H. The second kappa shape index (κ2) is 9.17. The maximum atomic E-state index is 5.52. The third kappa shape index (κ3) is 4.89. The van der Waals surface area contributed by atoms with E-state index in [-0.39, 0.29) is 24.0 Å². The third-order valence-corrected chi connectivity index (χ3v) is 6.31. The van der Waals surface area contributed by atoms with E-state index in [1.165, 1.54) is 15.2 Å². The molecule has 1 atom stereocenters. The van der Waals surface area contributed by atoms with Crippen LogP contribution in [0.2, 0.25) is 0 Å². The number of nitrogens with zero attached hydrogens (tertiary/aromatic N) is 1. The minimum Gasteiger partial charge on any atom is -1.00 e. The molecule has 2 heterocycles. The van der Waals surface area contributed by atoms with Gasteiger partial charge in [0.15, 0.2) is 0 Å². The molecular weight excluding hydrogens is 522 g/mol. The number of thioether (sulfide) groups is 1. The zero-order chi connectivity index (χ0) is 14.5. The number of rotatable bonds is 5. The van der Waals surface area contributed by atoms with Crippen LogP contribution < -0.4 is 29.3 Å². The van der Waals surface area contributed by atoms with Gasteiger partial charge in [0.05, 0.1) is 18.1 Å². The number of benzene rings is 1. The Morgan fingerprint density at radius 3 is 2.64 bits per heavy atom. The van der Waals surface area contributed by atoms with Crippen LogP contribution >= 0.6 is 34.4 Å². The van der Waals surface area contributed by atoms with Crippen molar-refractivity contribution >= 4 is 39.5 Å². The van der Waals surface area contributed by atoms with Crippen LogP contribution in [0.1, 0.15) is 11.3 Å². The molecule has 22 heavy (non-hydrogen) atoms. The van der Waals surface area contributed by atoms with Crippen LogP contribution in [0.4, 0.5) is 0 Å². The number of amidine groups is 1. The van der Waals surface area contributed by atoms with Crippen LogP contribution in [-0.2, 0) is 13.1 Å². The number of hydrogen-bond acceptors (Lipinski definition) is 2. The van der Waals surface area contributed by atoms with E-state index < -0.39 is 0 Å². The summed E-state index contributed by atoms with van der Waals surface area (Å²) in [6.45, 7) is 2.74. The maximum absolute atomic E-state index is 5.52. The number of halogens is 2. The van der Waals surface area contributed by atoms with Crippen molar-refractivity contribution in [1.29, 1.82) is 0 Å². The zero-order valence-corrected chi connectivity index (χ0v) is 17.2. The minimum absolute atomic E-state index is 0. The van der Waals surface area contributed by atoms with Gasteiger partial charge in [0, 0.05) is 4.43 Å². The Morgan fingerprint density at radius 2 is 2.00 bits per heavy atom. The van der Waals surface area contributed by atoms with Crippen molar-refractivity contribution in [3.8, 4) is 0 Å². The molecule has 1 unspecified atom stereocenters. The van der Waals surface area contributed by atoms with E-state index in [0.717, 1.165) is 25.4 Å². The highest BCUT2D eigenvalue weighted by Crippen LogP contribution is 2.21. The molecule has 0 saturated carbocycles. The van der Waals surface area contributed by atoms with Crippen molar-refractivity contribution in [2.45, 2.75) is 18.3 Å². The molecule has 1 fully saturated rings. The van der Waals surface area contributed by atoms with Crippen LogP contribution in [0.25, 0.3) is 0 Å².